The number of aromatic carboxylic acids is 1. The molecule has 31 heavy (non-hydrogen) atoms. The van der Waals surface area contributed by atoms with E-state index in [0.29, 0.717) is 6.54 Å². The standard InChI is InChI=1S/C22H22N4O4S/c1-3-16-8-9-17(31-16)11-23-20(27)18-10-19(25-12-24-18)21(28)26-13(2)14-4-6-15(7-5-14)22(29)30/h4-10,12-13H,3,11H2,1-2H3,(H,23,27)(H,26,28)(H,29,30)/t13-/m0/s1. The maximum Gasteiger partial charge on any atom is 0.335 e. The van der Waals surface area contributed by atoms with E-state index in [9.17, 15) is 14.4 Å². The van der Waals surface area contributed by atoms with Crippen molar-refractivity contribution in [2.75, 3.05) is 0 Å². The third-order valence-corrected chi connectivity index (χ3v) is 5.86. The van der Waals surface area contributed by atoms with Crippen LogP contribution >= 0.6 is 11.3 Å². The number of nitrogens with zero attached hydrogens (tertiary/aromatic N) is 2. The Morgan fingerprint density at radius 2 is 1.65 bits per heavy atom. The van der Waals surface area contributed by atoms with Crippen LogP contribution in [0.3, 0.4) is 0 Å². The second-order valence-electron chi connectivity index (χ2n) is 6.82. The number of aryl methyl sites for hydroxylation is 1. The number of amides is 2. The monoisotopic (exact) mass is 438 g/mol. The van der Waals surface area contributed by atoms with Gasteiger partial charge in [0.05, 0.1) is 18.2 Å². The second-order valence-corrected chi connectivity index (χ2v) is 8.07. The molecule has 8 nitrogen and oxygen atoms in total. The molecule has 1 aromatic carbocycles. The molecule has 0 bridgehead atoms. The maximum atomic E-state index is 12.6. The van der Waals surface area contributed by atoms with E-state index in [0.717, 1.165) is 16.9 Å². The highest BCUT2D eigenvalue weighted by atomic mass is 32.1. The van der Waals surface area contributed by atoms with Crippen molar-refractivity contribution >= 4 is 29.1 Å². The molecule has 3 N–H and O–H groups in total. The second kappa shape index (κ2) is 9.94. The molecule has 3 aromatic rings. The Morgan fingerprint density at radius 1 is 1.00 bits per heavy atom. The van der Waals surface area contributed by atoms with Gasteiger partial charge in [-0.2, -0.15) is 0 Å². The summed E-state index contributed by atoms with van der Waals surface area (Å²) in [6.45, 7) is 4.24. The Bertz CT molecular complexity index is 1090. The number of carbonyl (C=O) groups excluding carboxylic acids is 2. The van der Waals surface area contributed by atoms with Crippen molar-refractivity contribution in [2.45, 2.75) is 32.9 Å². The van der Waals surface area contributed by atoms with Gasteiger partial charge in [-0.1, -0.05) is 19.1 Å². The molecule has 0 fully saturated rings. The van der Waals surface area contributed by atoms with Crippen LogP contribution in [0.4, 0.5) is 0 Å². The van der Waals surface area contributed by atoms with E-state index in [1.807, 2.05) is 12.1 Å². The van der Waals surface area contributed by atoms with E-state index in [4.69, 9.17) is 5.11 Å². The number of benzene rings is 1. The summed E-state index contributed by atoms with van der Waals surface area (Å²) in [6.07, 6.45) is 2.13. The lowest BCUT2D eigenvalue weighted by molar-refractivity contribution is 0.0696. The molecule has 1 atom stereocenters. The molecule has 0 aliphatic carbocycles. The lowest BCUT2D eigenvalue weighted by Gasteiger charge is -2.14. The summed E-state index contributed by atoms with van der Waals surface area (Å²) in [5.41, 5.74) is 1.08. The van der Waals surface area contributed by atoms with E-state index in [1.54, 1.807) is 30.4 Å². The topological polar surface area (TPSA) is 121 Å². The van der Waals surface area contributed by atoms with Crippen LogP contribution in [0, 0.1) is 0 Å². The summed E-state index contributed by atoms with van der Waals surface area (Å²) in [4.78, 5) is 46.2. The molecular formula is C22H22N4O4S. The van der Waals surface area contributed by atoms with Gasteiger partial charge in [-0.3, -0.25) is 9.59 Å². The summed E-state index contributed by atoms with van der Waals surface area (Å²) < 4.78 is 0. The first-order chi connectivity index (χ1) is 14.9. The fourth-order valence-corrected chi connectivity index (χ4v) is 3.74. The minimum absolute atomic E-state index is 0.0681. The molecule has 0 aliphatic heterocycles. The minimum atomic E-state index is -1.01. The van der Waals surface area contributed by atoms with E-state index in [1.165, 1.54) is 29.4 Å². The molecule has 2 amide bonds. The number of thiophene rings is 1. The summed E-state index contributed by atoms with van der Waals surface area (Å²) >= 11 is 1.64. The van der Waals surface area contributed by atoms with E-state index in [2.05, 4.69) is 27.5 Å². The molecule has 3 rings (SSSR count). The first kappa shape index (κ1) is 22.1. The minimum Gasteiger partial charge on any atom is -0.478 e. The number of carbonyl (C=O) groups is 3. The quantitative estimate of drug-likeness (QED) is 0.496. The Labute approximate surface area is 183 Å². The predicted molar refractivity (Wildman–Crippen MR) is 116 cm³/mol. The van der Waals surface area contributed by atoms with Crippen LogP contribution in [0.5, 0.6) is 0 Å². The van der Waals surface area contributed by atoms with Crippen LogP contribution in [0.25, 0.3) is 0 Å². The Hall–Kier alpha value is -3.59. The molecular weight excluding hydrogens is 416 g/mol. The van der Waals surface area contributed by atoms with Crippen molar-refractivity contribution in [2.24, 2.45) is 0 Å². The number of carboxylic acid groups (broad SMARTS) is 1. The first-order valence-electron chi connectivity index (χ1n) is 9.69. The van der Waals surface area contributed by atoms with Gasteiger partial charge in [0.15, 0.2) is 0 Å². The number of rotatable bonds is 8. The lowest BCUT2D eigenvalue weighted by Crippen LogP contribution is -2.29. The van der Waals surface area contributed by atoms with Crippen molar-refractivity contribution in [1.29, 1.82) is 0 Å². The van der Waals surface area contributed by atoms with Crippen molar-refractivity contribution in [3.05, 3.63) is 81.1 Å². The average molecular weight is 439 g/mol. The molecule has 0 saturated heterocycles. The van der Waals surface area contributed by atoms with Crippen molar-refractivity contribution in [3.63, 3.8) is 0 Å². The smallest absolute Gasteiger partial charge is 0.335 e. The lowest BCUT2D eigenvalue weighted by atomic mass is 10.1. The zero-order valence-electron chi connectivity index (χ0n) is 17.1. The molecule has 2 heterocycles. The van der Waals surface area contributed by atoms with E-state index < -0.39 is 11.9 Å². The largest absolute Gasteiger partial charge is 0.478 e. The molecule has 9 heteroatoms. The fraction of sp³-hybridized carbons (Fsp3) is 0.227. The van der Waals surface area contributed by atoms with Gasteiger partial charge in [0.1, 0.15) is 17.7 Å². The molecule has 0 saturated carbocycles. The van der Waals surface area contributed by atoms with E-state index in [-0.39, 0.29) is 28.9 Å². The van der Waals surface area contributed by atoms with Crippen LogP contribution < -0.4 is 10.6 Å². The number of carboxylic acids is 1. The molecule has 160 valence electrons. The number of hydrogen-bond donors (Lipinski definition) is 3. The third-order valence-electron chi connectivity index (χ3n) is 4.63. The van der Waals surface area contributed by atoms with E-state index >= 15 is 0 Å². The Morgan fingerprint density at radius 3 is 2.26 bits per heavy atom. The predicted octanol–water partition coefficient (Wildman–Crippen LogP) is 3.22. The van der Waals surface area contributed by atoms with Gasteiger partial charge in [-0.25, -0.2) is 14.8 Å². The van der Waals surface area contributed by atoms with Gasteiger partial charge in [0, 0.05) is 15.8 Å². The zero-order valence-corrected chi connectivity index (χ0v) is 17.9. The highest BCUT2D eigenvalue weighted by molar-refractivity contribution is 7.11. The van der Waals surface area contributed by atoms with Crippen molar-refractivity contribution in [1.82, 2.24) is 20.6 Å². The first-order valence-corrected chi connectivity index (χ1v) is 10.5. The summed E-state index contributed by atoms with van der Waals surface area (Å²) in [6, 6.07) is 11.2. The third kappa shape index (κ3) is 5.73. The molecule has 0 radical (unpaired) electrons. The summed E-state index contributed by atoms with van der Waals surface area (Å²) in [5, 5.41) is 14.6. The molecule has 0 spiro atoms. The number of nitrogens with one attached hydrogen (secondary N) is 2. The highest BCUT2D eigenvalue weighted by Gasteiger charge is 2.16. The van der Waals surface area contributed by atoms with Crippen LogP contribution in [0.1, 0.15) is 66.5 Å². The summed E-state index contributed by atoms with van der Waals surface area (Å²) in [5.74, 6) is -1.86. The van der Waals surface area contributed by atoms with Crippen LogP contribution in [-0.2, 0) is 13.0 Å². The molecule has 2 aromatic heterocycles. The van der Waals surface area contributed by atoms with Crippen LogP contribution in [0.15, 0.2) is 48.8 Å². The van der Waals surface area contributed by atoms with Gasteiger partial charge >= 0.3 is 5.97 Å². The van der Waals surface area contributed by atoms with Gasteiger partial charge < -0.3 is 15.7 Å². The fourth-order valence-electron chi connectivity index (χ4n) is 2.84. The Kier molecular flexibility index (Phi) is 7.09. The molecule has 0 unspecified atom stereocenters. The Balaban J connectivity index is 1.62. The number of hydrogen-bond acceptors (Lipinski definition) is 6. The van der Waals surface area contributed by atoms with Gasteiger partial charge in [-0.05, 0) is 43.2 Å². The maximum absolute atomic E-state index is 12.6. The summed E-state index contributed by atoms with van der Waals surface area (Å²) in [7, 11) is 0. The van der Waals surface area contributed by atoms with Gasteiger partial charge in [0.2, 0.25) is 0 Å². The van der Waals surface area contributed by atoms with Gasteiger partial charge in [0.25, 0.3) is 11.8 Å². The van der Waals surface area contributed by atoms with Crippen molar-refractivity contribution < 1.29 is 19.5 Å². The van der Waals surface area contributed by atoms with Gasteiger partial charge in [-0.15, -0.1) is 11.3 Å². The highest BCUT2D eigenvalue weighted by Crippen LogP contribution is 2.17. The molecule has 0 aliphatic rings. The van der Waals surface area contributed by atoms with Crippen molar-refractivity contribution in [3.8, 4) is 0 Å². The van der Waals surface area contributed by atoms with Crippen LogP contribution in [-0.4, -0.2) is 32.9 Å². The van der Waals surface area contributed by atoms with Crippen LogP contribution in [0.2, 0.25) is 0 Å². The number of aromatic nitrogens is 2. The SMILES string of the molecule is CCc1ccc(CNC(=O)c2cc(C(=O)N[C@@H](C)c3ccc(C(=O)O)cc3)ncn2)s1. The average Bonchev–Trinajstić information content (AvgIpc) is 3.25. The zero-order chi connectivity index (χ0) is 22.4. The normalized spacial score (nSPS) is 11.5.